The van der Waals surface area contributed by atoms with Crippen molar-refractivity contribution >= 4 is 34.3 Å². The second-order valence-corrected chi connectivity index (χ2v) is 6.15. The number of hydrogen-bond donors (Lipinski definition) is 1. The smallest absolute Gasteiger partial charge is 0.188 e. The van der Waals surface area contributed by atoms with Crippen molar-refractivity contribution < 1.29 is 0 Å². The molecule has 0 saturated carbocycles. The summed E-state index contributed by atoms with van der Waals surface area (Å²) in [5, 5.41) is 4.03. The van der Waals surface area contributed by atoms with Crippen LogP contribution in [0.2, 0.25) is 0 Å². The number of nitrogens with one attached hydrogen (secondary N) is 1. The fourth-order valence-corrected chi connectivity index (χ4v) is 2.88. The van der Waals surface area contributed by atoms with Crippen molar-refractivity contribution in [3.63, 3.8) is 0 Å². The van der Waals surface area contributed by atoms with Gasteiger partial charge in [0, 0.05) is 5.69 Å². The molecular formula is C19H15N5S. The SMILES string of the molecule is CSc1ncc2ncnc(Nc3ccc(-c4ccccc4)cc3)c2n1. The molecule has 2 aromatic carbocycles. The van der Waals surface area contributed by atoms with Crippen LogP contribution < -0.4 is 5.32 Å². The molecule has 4 aromatic rings. The first-order valence-corrected chi connectivity index (χ1v) is 9.00. The maximum absolute atomic E-state index is 4.52. The van der Waals surface area contributed by atoms with E-state index in [2.05, 4.69) is 49.5 Å². The van der Waals surface area contributed by atoms with Crippen molar-refractivity contribution in [2.24, 2.45) is 0 Å². The highest BCUT2D eigenvalue weighted by molar-refractivity contribution is 7.98. The highest BCUT2D eigenvalue weighted by atomic mass is 32.2. The fourth-order valence-electron chi connectivity index (χ4n) is 2.54. The Kier molecular flexibility index (Phi) is 4.26. The molecule has 0 bridgehead atoms. The van der Waals surface area contributed by atoms with Gasteiger partial charge < -0.3 is 5.32 Å². The molecule has 5 nitrogen and oxygen atoms in total. The van der Waals surface area contributed by atoms with Gasteiger partial charge in [-0.05, 0) is 29.5 Å². The second-order valence-electron chi connectivity index (χ2n) is 5.38. The average Bonchev–Trinajstić information content (AvgIpc) is 2.69. The van der Waals surface area contributed by atoms with Gasteiger partial charge in [0.2, 0.25) is 0 Å². The van der Waals surface area contributed by atoms with Gasteiger partial charge in [0.15, 0.2) is 11.0 Å². The van der Waals surface area contributed by atoms with E-state index in [1.165, 1.54) is 29.2 Å². The molecule has 0 amide bonds. The molecular weight excluding hydrogens is 330 g/mol. The lowest BCUT2D eigenvalue weighted by Crippen LogP contribution is -1.99. The normalized spacial score (nSPS) is 10.8. The Morgan fingerprint density at radius 3 is 2.36 bits per heavy atom. The fraction of sp³-hybridized carbons (Fsp3) is 0.0526. The van der Waals surface area contributed by atoms with Crippen molar-refractivity contribution in [1.29, 1.82) is 0 Å². The third kappa shape index (κ3) is 3.29. The molecule has 6 heteroatoms. The largest absolute Gasteiger partial charge is 0.338 e. The molecule has 122 valence electrons. The summed E-state index contributed by atoms with van der Waals surface area (Å²) in [7, 11) is 0. The van der Waals surface area contributed by atoms with Crippen LogP contribution in [-0.2, 0) is 0 Å². The van der Waals surface area contributed by atoms with E-state index in [1.807, 2.05) is 36.6 Å². The van der Waals surface area contributed by atoms with Gasteiger partial charge in [0.1, 0.15) is 17.4 Å². The number of anilines is 2. The van der Waals surface area contributed by atoms with Gasteiger partial charge in [0.25, 0.3) is 0 Å². The number of benzene rings is 2. The topological polar surface area (TPSA) is 63.6 Å². The molecule has 0 radical (unpaired) electrons. The summed E-state index contributed by atoms with van der Waals surface area (Å²) in [6.07, 6.45) is 5.19. The molecule has 25 heavy (non-hydrogen) atoms. The minimum Gasteiger partial charge on any atom is -0.338 e. The quantitative estimate of drug-likeness (QED) is 0.432. The molecule has 0 unspecified atom stereocenters. The van der Waals surface area contributed by atoms with Gasteiger partial charge in [-0.1, -0.05) is 54.2 Å². The summed E-state index contributed by atoms with van der Waals surface area (Å²) in [6.45, 7) is 0. The monoisotopic (exact) mass is 345 g/mol. The first kappa shape index (κ1) is 15.5. The minimum absolute atomic E-state index is 0.676. The van der Waals surface area contributed by atoms with E-state index in [9.17, 15) is 0 Å². The van der Waals surface area contributed by atoms with Crippen LogP contribution in [0.4, 0.5) is 11.5 Å². The van der Waals surface area contributed by atoms with Crippen LogP contribution in [-0.4, -0.2) is 26.2 Å². The molecule has 0 atom stereocenters. The number of fused-ring (bicyclic) bond motifs is 1. The number of thioether (sulfide) groups is 1. The number of hydrogen-bond acceptors (Lipinski definition) is 6. The second kappa shape index (κ2) is 6.86. The molecule has 0 aliphatic rings. The van der Waals surface area contributed by atoms with E-state index in [0.717, 1.165) is 11.2 Å². The van der Waals surface area contributed by atoms with Crippen molar-refractivity contribution in [3.05, 3.63) is 67.1 Å². The van der Waals surface area contributed by atoms with Crippen LogP contribution in [0.1, 0.15) is 0 Å². The van der Waals surface area contributed by atoms with Crippen molar-refractivity contribution in [2.75, 3.05) is 11.6 Å². The molecule has 4 rings (SSSR count). The Morgan fingerprint density at radius 1 is 0.840 bits per heavy atom. The van der Waals surface area contributed by atoms with Crippen LogP contribution in [0, 0.1) is 0 Å². The number of nitrogens with zero attached hydrogens (tertiary/aromatic N) is 4. The van der Waals surface area contributed by atoms with Gasteiger partial charge in [-0.2, -0.15) is 0 Å². The van der Waals surface area contributed by atoms with Gasteiger partial charge >= 0.3 is 0 Å². The van der Waals surface area contributed by atoms with Crippen LogP contribution in [0.25, 0.3) is 22.2 Å². The van der Waals surface area contributed by atoms with Gasteiger partial charge in [0.05, 0.1) is 6.20 Å². The summed E-state index contributed by atoms with van der Waals surface area (Å²) >= 11 is 1.49. The molecule has 0 fully saturated rings. The highest BCUT2D eigenvalue weighted by Crippen LogP contribution is 2.25. The molecule has 1 N–H and O–H groups in total. The zero-order valence-corrected chi connectivity index (χ0v) is 14.4. The maximum atomic E-state index is 4.52. The van der Waals surface area contributed by atoms with Gasteiger partial charge in [-0.3, -0.25) is 0 Å². The average molecular weight is 345 g/mol. The first-order chi connectivity index (χ1) is 12.3. The van der Waals surface area contributed by atoms with E-state index >= 15 is 0 Å². The molecule has 2 aromatic heterocycles. The summed E-state index contributed by atoms with van der Waals surface area (Å²) in [4.78, 5) is 17.3. The van der Waals surface area contributed by atoms with E-state index in [4.69, 9.17) is 0 Å². The Morgan fingerprint density at radius 2 is 1.60 bits per heavy atom. The van der Waals surface area contributed by atoms with Crippen molar-refractivity contribution in [1.82, 2.24) is 19.9 Å². The van der Waals surface area contributed by atoms with Crippen molar-refractivity contribution in [3.8, 4) is 11.1 Å². The zero-order chi connectivity index (χ0) is 17.1. The van der Waals surface area contributed by atoms with E-state index in [-0.39, 0.29) is 0 Å². The molecule has 0 saturated heterocycles. The standard InChI is InChI=1S/C19H15N5S/c1-25-19-20-11-16-17(24-19)18(22-12-21-16)23-15-9-7-14(8-10-15)13-5-3-2-4-6-13/h2-12H,1H3,(H,21,22,23). The molecule has 0 aliphatic heterocycles. The summed E-state index contributed by atoms with van der Waals surface area (Å²) in [6, 6.07) is 18.5. The summed E-state index contributed by atoms with van der Waals surface area (Å²) < 4.78 is 0. The molecule has 0 aliphatic carbocycles. The highest BCUT2D eigenvalue weighted by Gasteiger charge is 2.08. The predicted octanol–water partition coefficient (Wildman–Crippen LogP) is 4.55. The lowest BCUT2D eigenvalue weighted by Gasteiger charge is -2.09. The summed E-state index contributed by atoms with van der Waals surface area (Å²) in [5.41, 5.74) is 4.75. The van der Waals surface area contributed by atoms with Gasteiger partial charge in [-0.15, -0.1) is 0 Å². The predicted molar refractivity (Wildman–Crippen MR) is 102 cm³/mol. The Bertz CT molecular complexity index is 1000. The number of rotatable bonds is 4. The summed E-state index contributed by atoms with van der Waals surface area (Å²) in [5.74, 6) is 0.676. The van der Waals surface area contributed by atoms with E-state index in [0.29, 0.717) is 16.5 Å². The van der Waals surface area contributed by atoms with E-state index < -0.39 is 0 Å². The number of aromatic nitrogens is 4. The van der Waals surface area contributed by atoms with Crippen LogP contribution in [0.3, 0.4) is 0 Å². The van der Waals surface area contributed by atoms with Crippen LogP contribution in [0.15, 0.2) is 72.3 Å². The zero-order valence-electron chi connectivity index (χ0n) is 13.5. The third-order valence-corrected chi connectivity index (χ3v) is 4.35. The van der Waals surface area contributed by atoms with E-state index in [1.54, 1.807) is 6.20 Å². The Balaban J connectivity index is 1.65. The Labute approximate surface area is 149 Å². The van der Waals surface area contributed by atoms with Gasteiger partial charge in [-0.25, -0.2) is 19.9 Å². The molecule has 0 spiro atoms. The third-order valence-electron chi connectivity index (χ3n) is 3.79. The lowest BCUT2D eigenvalue weighted by molar-refractivity contribution is 0.993. The van der Waals surface area contributed by atoms with Crippen LogP contribution in [0.5, 0.6) is 0 Å². The lowest BCUT2D eigenvalue weighted by atomic mass is 10.1. The Hall–Kier alpha value is -2.99. The first-order valence-electron chi connectivity index (χ1n) is 7.78. The maximum Gasteiger partial charge on any atom is 0.188 e. The van der Waals surface area contributed by atoms with Crippen LogP contribution >= 0.6 is 11.8 Å². The molecule has 2 heterocycles. The minimum atomic E-state index is 0.676. The van der Waals surface area contributed by atoms with Crippen molar-refractivity contribution in [2.45, 2.75) is 5.16 Å².